The van der Waals surface area contributed by atoms with Gasteiger partial charge in [0, 0.05) is 25.2 Å². The van der Waals surface area contributed by atoms with Gasteiger partial charge in [0.2, 0.25) is 10.0 Å². The van der Waals surface area contributed by atoms with E-state index in [1.165, 1.54) is 40.7 Å². The standard InChI is InChI=1S/C24H32FN3O3S/c1-27(2)23(19-8-7-9-20(25)16-19)17-26-24(29)18-12-14-22(15-13-18)32(30,31)28(3)21-10-5-4-6-11-21/h7-9,12-16,21,23H,4-6,10-11,17H2,1-3H3,(H,26,29). The van der Waals surface area contributed by atoms with Crippen molar-refractivity contribution in [2.24, 2.45) is 0 Å². The first-order chi connectivity index (χ1) is 15.2. The SMILES string of the molecule is CN(C)C(CNC(=O)c1ccc(S(=O)(=O)N(C)C2CCCCC2)cc1)c1cccc(F)c1. The fraction of sp³-hybridized carbons (Fsp3) is 0.458. The fourth-order valence-electron chi connectivity index (χ4n) is 4.19. The third kappa shape index (κ3) is 5.74. The van der Waals surface area contributed by atoms with Crippen LogP contribution in [0.1, 0.15) is 54.1 Å². The minimum atomic E-state index is -3.60. The monoisotopic (exact) mass is 461 g/mol. The van der Waals surface area contributed by atoms with Gasteiger partial charge < -0.3 is 10.2 Å². The van der Waals surface area contributed by atoms with Crippen molar-refractivity contribution in [1.82, 2.24) is 14.5 Å². The lowest BCUT2D eigenvalue weighted by molar-refractivity contribution is 0.0942. The van der Waals surface area contributed by atoms with Crippen molar-refractivity contribution >= 4 is 15.9 Å². The molecule has 1 unspecified atom stereocenters. The molecule has 174 valence electrons. The van der Waals surface area contributed by atoms with Crippen molar-refractivity contribution in [3.63, 3.8) is 0 Å². The van der Waals surface area contributed by atoms with E-state index < -0.39 is 10.0 Å². The van der Waals surface area contributed by atoms with E-state index in [1.54, 1.807) is 13.1 Å². The van der Waals surface area contributed by atoms with Gasteiger partial charge in [-0.3, -0.25) is 4.79 Å². The molecule has 0 spiro atoms. The summed E-state index contributed by atoms with van der Waals surface area (Å²) < 4.78 is 41.0. The summed E-state index contributed by atoms with van der Waals surface area (Å²) >= 11 is 0. The summed E-state index contributed by atoms with van der Waals surface area (Å²) in [5, 5.41) is 2.87. The number of nitrogens with zero attached hydrogens (tertiary/aromatic N) is 2. The molecule has 32 heavy (non-hydrogen) atoms. The predicted molar refractivity (Wildman–Crippen MR) is 123 cm³/mol. The number of amides is 1. The molecule has 0 aliphatic heterocycles. The summed E-state index contributed by atoms with van der Waals surface area (Å²) in [6.07, 6.45) is 5.02. The zero-order valence-corrected chi connectivity index (χ0v) is 19.7. The second-order valence-corrected chi connectivity index (χ2v) is 10.6. The van der Waals surface area contributed by atoms with Crippen LogP contribution in [0.25, 0.3) is 0 Å². The summed E-state index contributed by atoms with van der Waals surface area (Å²) in [7, 11) is 1.77. The first-order valence-electron chi connectivity index (χ1n) is 11.0. The van der Waals surface area contributed by atoms with E-state index in [0.29, 0.717) is 12.1 Å². The first kappa shape index (κ1) is 24.4. The molecule has 0 radical (unpaired) electrons. The average molecular weight is 462 g/mol. The van der Waals surface area contributed by atoms with Crippen LogP contribution in [0.3, 0.4) is 0 Å². The van der Waals surface area contributed by atoms with Crippen LogP contribution in [-0.2, 0) is 10.0 Å². The van der Waals surface area contributed by atoms with Crippen LogP contribution in [0.4, 0.5) is 4.39 Å². The Kier molecular flexibility index (Phi) is 8.03. The molecule has 0 saturated heterocycles. The van der Waals surface area contributed by atoms with Gasteiger partial charge in [-0.25, -0.2) is 12.8 Å². The molecule has 0 bridgehead atoms. The number of carbonyl (C=O) groups excluding carboxylic acids is 1. The lowest BCUT2D eigenvalue weighted by Gasteiger charge is -2.30. The van der Waals surface area contributed by atoms with Crippen LogP contribution in [0, 0.1) is 5.82 Å². The van der Waals surface area contributed by atoms with E-state index in [4.69, 9.17) is 0 Å². The molecule has 0 heterocycles. The van der Waals surface area contributed by atoms with E-state index in [2.05, 4.69) is 5.32 Å². The van der Waals surface area contributed by atoms with Crippen molar-refractivity contribution < 1.29 is 17.6 Å². The molecular weight excluding hydrogens is 429 g/mol. The number of hydrogen-bond donors (Lipinski definition) is 1. The van der Waals surface area contributed by atoms with Crippen molar-refractivity contribution in [3.05, 3.63) is 65.5 Å². The molecule has 0 aromatic heterocycles. The van der Waals surface area contributed by atoms with Gasteiger partial charge >= 0.3 is 0 Å². The summed E-state index contributed by atoms with van der Waals surface area (Å²) in [5.41, 5.74) is 1.14. The van der Waals surface area contributed by atoms with Crippen molar-refractivity contribution in [1.29, 1.82) is 0 Å². The van der Waals surface area contributed by atoms with Crippen LogP contribution >= 0.6 is 0 Å². The lowest BCUT2D eigenvalue weighted by Crippen LogP contribution is -2.38. The van der Waals surface area contributed by atoms with E-state index in [-0.39, 0.29) is 28.7 Å². The Hall–Kier alpha value is -2.29. The summed E-state index contributed by atoms with van der Waals surface area (Å²) in [5.74, 6) is -0.631. The molecule has 1 atom stereocenters. The minimum absolute atomic E-state index is 0.0301. The molecular formula is C24H32FN3O3S. The Labute approximate surface area is 190 Å². The van der Waals surface area contributed by atoms with Gasteiger partial charge in [-0.15, -0.1) is 0 Å². The Morgan fingerprint density at radius 1 is 1.06 bits per heavy atom. The number of hydrogen-bond acceptors (Lipinski definition) is 4. The molecule has 8 heteroatoms. The van der Waals surface area contributed by atoms with Crippen molar-refractivity contribution in [2.45, 2.75) is 49.1 Å². The first-order valence-corrected chi connectivity index (χ1v) is 12.4. The highest BCUT2D eigenvalue weighted by Crippen LogP contribution is 2.26. The Balaban J connectivity index is 1.66. The number of halogens is 1. The van der Waals surface area contributed by atoms with Crippen molar-refractivity contribution in [3.8, 4) is 0 Å². The second-order valence-electron chi connectivity index (χ2n) is 8.58. The molecule has 3 rings (SSSR count). The van der Waals surface area contributed by atoms with E-state index in [0.717, 1.165) is 37.7 Å². The number of carbonyl (C=O) groups is 1. The molecule has 2 aromatic rings. The molecule has 1 saturated carbocycles. The average Bonchev–Trinajstić information content (AvgIpc) is 2.79. The molecule has 2 aromatic carbocycles. The third-order valence-electron chi connectivity index (χ3n) is 6.20. The second kappa shape index (κ2) is 10.6. The molecule has 1 N–H and O–H groups in total. The van der Waals surface area contributed by atoms with Gasteiger partial charge in [-0.1, -0.05) is 31.4 Å². The van der Waals surface area contributed by atoms with Gasteiger partial charge in [-0.2, -0.15) is 4.31 Å². The Morgan fingerprint density at radius 3 is 2.31 bits per heavy atom. The smallest absolute Gasteiger partial charge is 0.251 e. The van der Waals surface area contributed by atoms with Gasteiger partial charge in [0.25, 0.3) is 5.91 Å². The zero-order valence-electron chi connectivity index (χ0n) is 18.9. The molecule has 6 nitrogen and oxygen atoms in total. The van der Waals surface area contributed by atoms with Crippen LogP contribution in [0.15, 0.2) is 53.4 Å². The highest BCUT2D eigenvalue weighted by molar-refractivity contribution is 7.89. The van der Waals surface area contributed by atoms with Crippen LogP contribution < -0.4 is 5.32 Å². The maximum absolute atomic E-state index is 13.6. The highest BCUT2D eigenvalue weighted by atomic mass is 32.2. The van der Waals surface area contributed by atoms with Gasteiger partial charge in [0.1, 0.15) is 5.82 Å². The van der Waals surface area contributed by atoms with Gasteiger partial charge in [-0.05, 0) is 68.9 Å². The number of rotatable bonds is 8. The third-order valence-corrected chi connectivity index (χ3v) is 8.12. The van der Waals surface area contributed by atoms with Gasteiger partial charge in [0.05, 0.1) is 10.9 Å². The van der Waals surface area contributed by atoms with Crippen LogP contribution in [0.5, 0.6) is 0 Å². The van der Waals surface area contributed by atoms with E-state index >= 15 is 0 Å². The fourth-order valence-corrected chi connectivity index (χ4v) is 5.61. The number of likely N-dealkylation sites (N-methyl/N-ethyl adjacent to an activating group) is 1. The maximum Gasteiger partial charge on any atom is 0.251 e. The number of nitrogens with one attached hydrogen (secondary N) is 1. The summed E-state index contributed by atoms with van der Waals surface area (Å²) in [4.78, 5) is 14.7. The molecule has 1 fully saturated rings. The topological polar surface area (TPSA) is 69.7 Å². The highest BCUT2D eigenvalue weighted by Gasteiger charge is 2.29. The quantitative estimate of drug-likeness (QED) is 0.649. The number of benzene rings is 2. The number of sulfonamides is 1. The lowest BCUT2D eigenvalue weighted by atomic mass is 9.96. The predicted octanol–water partition coefficient (Wildman–Crippen LogP) is 3.81. The van der Waals surface area contributed by atoms with E-state index in [9.17, 15) is 17.6 Å². The molecule has 1 amide bonds. The van der Waals surface area contributed by atoms with Crippen LogP contribution in [-0.4, -0.2) is 57.3 Å². The Bertz CT molecular complexity index is 1020. The Morgan fingerprint density at radius 2 is 1.72 bits per heavy atom. The summed E-state index contributed by atoms with van der Waals surface area (Å²) in [6, 6.07) is 12.2. The van der Waals surface area contributed by atoms with E-state index in [1.807, 2.05) is 25.1 Å². The normalized spacial score (nSPS) is 16.3. The maximum atomic E-state index is 13.6. The largest absolute Gasteiger partial charge is 0.350 e. The summed E-state index contributed by atoms with van der Waals surface area (Å²) in [6.45, 7) is 0.291. The minimum Gasteiger partial charge on any atom is -0.350 e. The molecule has 1 aliphatic carbocycles. The van der Waals surface area contributed by atoms with Crippen molar-refractivity contribution in [2.75, 3.05) is 27.7 Å². The van der Waals surface area contributed by atoms with Crippen LogP contribution in [0.2, 0.25) is 0 Å². The molecule has 1 aliphatic rings. The zero-order chi connectivity index (χ0) is 23.3. The van der Waals surface area contributed by atoms with Gasteiger partial charge in [0.15, 0.2) is 0 Å².